The van der Waals surface area contributed by atoms with Gasteiger partial charge in [-0.25, -0.2) is 32.5 Å². The topological polar surface area (TPSA) is 216 Å². The number of halogens is 4. The van der Waals surface area contributed by atoms with Gasteiger partial charge in [-0.15, -0.1) is 0 Å². The second-order valence-electron chi connectivity index (χ2n) is 27.9. The van der Waals surface area contributed by atoms with Crippen molar-refractivity contribution >= 4 is 58.4 Å². The number of amides is 2. The minimum Gasteiger partial charge on any atom is -0.540 e. The first kappa shape index (κ1) is 72.7. The Morgan fingerprint density at radius 2 is 0.915 bits per heavy atom. The summed E-state index contributed by atoms with van der Waals surface area (Å²) in [6.45, 7) is 7.77. The zero-order valence-corrected chi connectivity index (χ0v) is 57.6. The fourth-order valence-electron chi connectivity index (χ4n) is 16.3. The molecule has 94 heavy (non-hydrogen) atoms. The van der Waals surface area contributed by atoms with Crippen molar-refractivity contribution in [1.29, 1.82) is 0 Å². The van der Waals surface area contributed by atoms with Gasteiger partial charge in [-0.2, -0.15) is 17.6 Å². The van der Waals surface area contributed by atoms with Crippen molar-refractivity contribution in [3.63, 3.8) is 0 Å². The van der Waals surface area contributed by atoms with Crippen molar-refractivity contribution in [2.24, 2.45) is 46.3 Å². The molecule has 2 aromatic heterocycles. The van der Waals surface area contributed by atoms with Crippen LogP contribution in [-0.2, 0) is 87.2 Å². The van der Waals surface area contributed by atoms with E-state index in [2.05, 4.69) is 33.1 Å². The maximum Gasteiger partial charge on any atom is 0.306 e. The number of methoxy groups -OCH3 is 2. The van der Waals surface area contributed by atoms with Crippen LogP contribution in [0.15, 0.2) is 36.4 Å². The van der Waals surface area contributed by atoms with Gasteiger partial charge in [0.25, 0.3) is 11.8 Å². The Labute approximate surface area is 571 Å². The number of esters is 2. The van der Waals surface area contributed by atoms with Gasteiger partial charge < -0.3 is 47.8 Å². The van der Waals surface area contributed by atoms with E-state index in [0.717, 1.165) is 70.6 Å². The van der Waals surface area contributed by atoms with E-state index in [1.165, 1.54) is 24.0 Å². The molecular formula is C70H88F4N6O12V2-2. The summed E-state index contributed by atoms with van der Waals surface area (Å²) < 4.78 is 99.2. The van der Waals surface area contributed by atoms with E-state index in [1.807, 2.05) is 27.1 Å². The smallest absolute Gasteiger partial charge is 0.306 e. The Balaban J connectivity index is 0.000000217. The van der Waals surface area contributed by atoms with Crippen molar-refractivity contribution in [1.82, 2.24) is 29.7 Å². The molecule has 8 aliphatic rings. The summed E-state index contributed by atoms with van der Waals surface area (Å²) in [4.78, 5) is 101. The molecule has 4 aliphatic carbocycles. The van der Waals surface area contributed by atoms with Gasteiger partial charge in [0.1, 0.15) is 35.9 Å². The molecule has 0 N–H and O–H groups in total. The van der Waals surface area contributed by atoms with Gasteiger partial charge in [0.2, 0.25) is 23.6 Å². The average molecular weight is 1380 g/mol. The van der Waals surface area contributed by atoms with Gasteiger partial charge in [0.15, 0.2) is 11.4 Å². The molecule has 2 saturated heterocycles. The molecule has 6 heterocycles. The first-order valence-corrected chi connectivity index (χ1v) is 33.7. The van der Waals surface area contributed by atoms with Gasteiger partial charge in [0, 0.05) is 62.1 Å². The van der Waals surface area contributed by atoms with Crippen LogP contribution < -0.4 is 18.9 Å². The number of aromatic nitrogens is 4. The van der Waals surface area contributed by atoms with Crippen molar-refractivity contribution in [3.8, 4) is 23.3 Å². The second-order valence-corrected chi connectivity index (χ2v) is 27.9. The van der Waals surface area contributed by atoms with E-state index < -0.39 is 107 Å². The van der Waals surface area contributed by atoms with Crippen LogP contribution in [0.5, 0.6) is 23.3 Å². The van der Waals surface area contributed by atoms with Gasteiger partial charge in [-0.05, 0) is 136 Å². The van der Waals surface area contributed by atoms with E-state index in [0.29, 0.717) is 67.5 Å². The number of alkyl halides is 4. The van der Waals surface area contributed by atoms with E-state index in [4.69, 9.17) is 28.4 Å². The van der Waals surface area contributed by atoms with E-state index in [1.54, 1.807) is 36.4 Å². The van der Waals surface area contributed by atoms with Crippen LogP contribution in [0.25, 0.3) is 22.1 Å². The monoisotopic (exact) mass is 1380 g/mol. The molecule has 2 aromatic carbocycles. The first-order chi connectivity index (χ1) is 44.1. The van der Waals surface area contributed by atoms with Crippen molar-refractivity contribution in [2.75, 3.05) is 27.3 Å². The largest absolute Gasteiger partial charge is 0.540 e. The van der Waals surface area contributed by atoms with Crippen molar-refractivity contribution in [2.45, 2.75) is 230 Å². The fraction of sp³-hybridized carbons (Fsp3) is 0.686. The molecule has 12 atom stereocenters. The number of nitrogens with zero attached hydrogens (tertiary/aromatic N) is 6. The molecule has 510 valence electrons. The Hall–Kier alpha value is -5.57. The molecule has 12 rings (SSSR count). The predicted molar refractivity (Wildman–Crippen MR) is 330 cm³/mol. The third-order valence-electron chi connectivity index (χ3n) is 22.0. The third kappa shape index (κ3) is 15.4. The zero-order chi connectivity index (χ0) is 65.3. The minimum atomic E-state index is -3.35. The fourth-order valence-corrected chi connectivity index (χ4v) is 16.3. The van der Waals surface area contributed by atoms with Crippen LogP contribution >= 0.6 is 0 Å². The Morgan fingerprint density at radius 3 is 1.33 bits per heavy atom. The number of fused-ring (bicyclic) bond motifs is 10. The number of hydrogen-bond acceptors (Lipinski definition) is 16. The number of carbonyl (C=O) groups is 4. The van der Waals surface area contributed by atoms with Gasteiger partial charge in [0.05, 0.1) is 74.1 Å². The second kappa shape index (κ2) is 30.5. The molecule has 18 nitrogen and oxygen atoms in total. The minimum absolute atomic E-state index is 0. The van der Waals surface area contributed by atoms with E-state index >= 15 is 17.6 Å². The van der Waals surface area contributed by atoms with Crippen LogP contribution in [0, 0.1) is 46.3 Å². The molecule has 6 fully saturated rings. The van der Waals surface area contributed by atoms with Crippen LogP contribution in [0.1, 0.15) is 193 Å². The van der Waals surface area contributed by atoms with Crippen LogP contribution in [0.2, 0.25) is 0 Å². The molecule has 4 bridgehead atoms. The number of rotatable bonds is 8. The van der Waals surface area contributed by atoms with Crippen molar-refractivity contribution in [3.05, 3.63) is 47.8 Å². The van der Waals surface area contributed by atoms with Gasteiger partial charge in [-0.1, -0.05) is 91.1 Å². The molecular weight excluding hydrogens is 1290 g/mol. The van der Waals surface area contributed by atoms with E-state index in [9.17, 15) is 28.8 Å². The Bertz CT molecular complexity index is 3380. The van der Waals surface area contributed by atoms with Crippen molar-refractivity contribution < 1.29 is 112 Å². The number of ether oxygens (including phenoxy) is 6. The molecule has 0 unspecified atom stereocenters. The third-order valence-corrected chi connectivity index (χ3v) is 22.0. The quantitative estimate of drug-likeness (QED) is 0.0910. The molecule has 4 aromatic rings. The Kier molecular flexibility index (Phi) is 23.6. The molecule has 2 amide bonds. The number of benzene rings is 2. The SMILES string of the molecule is CC[C@@H]1[C@@H]2CN(C(=O)[C@H](C3(C)CCCC3)CC(=O)O[C@@H]3CCC[C@H]3CCCCC(F)(F)c3nc4ccc(OC)cc4nc3O2)[C@@H]1[C-]=O.CC[C@@H]1[C@@H]2CN(C(=O)[C@H](C3(C)CCCC3)CC(=O)O[C@@H]3C[C@H]3CCCCC(F)(F)c3nc4ccc(OC)cc4nc3O2)[C@@H]1[C-]=O.[V].[V]. The summed E-state index contributed by atoms with van der Waals surface area (Å²) in [6, 6.07) is 7.78. The summed E-state index contributed by atoms with van der Waals surface area (Å²) >= 11 is 0. The molecule has 4 saturated carbocycles. The Morgan fingerprint density at radius 1 is 0.511 bits per heavy atom. The first-order valence-electron chi connectivity index (χ1n) is 33.7. The molecule has 4 aliphatic heterocycles. The maximum atomic E-state index is 16.1. The summed E-state index contributed by atoms with van der Waals surface area (Å²) in [5, 5.41) is 0. The van der Waals surface area contributed by atoms with Gasteiger partial charge in [-0.3, -0.25) is 19.2 Å². The van der Waals surface area contributed by atoms with Crippen LogP contribution in [-0.4, -0.2) is 130 Å². The molecule has 24 heteroatoms. The summed E-state index contributed by atoms with van der Waals surface area (Å²) in [6.07, 6.45) is 14.9. The van der Waals surface area contributed by atoms with Crippen LogP contribution in [0.3, 0.4) is 0 Å². The summed E-state index contributed by atoms with van der Waals surface area (Å²) in [7, 11) is 3.01. The predicted octanol–water partition coefficient (Wildman–Crippen LogP) is 12.6. The average Bonchev–Trinajstić information content (AvgIpc) is 1.24. The molecule has 0 spiro atoms. The number of hydrogen-bond donors (Lipinski definition) is 0. The summed E-state index contributed by atoms with van der Waals surface area (Å²) in [5.41, 5.74) is -0.731. The van der Waals surface area contributed by atoms with Gasteiger partial charge >= 0.3 is 11.9 Å². The zero-order valence-electron chi connectivity index (χ0n) is 54.8. The number of carbonyl (C=O) groups excluding carboxylic acids is 6. The molecule has 2 radical (unpaired) electrons. The van der Waals surface area contributed by atoms with Crippen LogP contribution in [0.4, 0.5) is 17.6 Å². The summed E-state index contributed by atoms with van der Waals surface area (Å²) in [5.74, 6) is -9.95. The maximum absolute atomic E-state index is 16.1. The van der Waals surface area contributed by atoms with E-state index in [-0.39, 0.29) is 135 Å². The standard InChI is InChI=1S/C36H46F2N3O6.C34H42F2N3O6.2V/c1-4-24-28(21-42)41-20-30(24)47-33-32(39-26-14-13-23(45-3)18-27(26)40-33)36(37,38)17-6-5-10-22-11-9-12-29(22)46-31(43)19-25(34(41)44)35(2)15-7-8-16-35;1-4-22-26(19-40)39-18-28(22)45-31-30(37-24-11-10-21(43-3)16-25(24)38-31)34(35,36)14-6-5-9-20-15-27(20)44-29(41)17-23(32(39)42)33(2)12-7-8-13-33;;/h13-14,18,22,24-25,28-30H,4-12,15-17,19-20H2,1-3H3;10-11,16,20,22-23,26-28H,4-9,12-15,17-18H2,1-3H3;;/q2*-1;;/t22-,24+,25-,28-,29-,30+;20-,22+,23-,26-,27-,28+;;/m11../s1. The normalized spacial score (nSPS) is 30.8.